The average molecular weight is 478 g/mol. The number of anilines is 1. The van der Waals surface area contributed by atoms with Crippen LogP contribution in [0.3, 0.4) is 0 Å². The number of rotatable bonds is 8. The number of nitrogens with zero attached hydrogens (tertiary/aromatic N) is 2. The van der Waals surface area contributed by atoms with Crippen LogP contribution < -0.4 is 5.32 Å². The van der Waals surface area contributed by atoms with Gasteiger partial charge in [0.2, 0.25) is 21.8 Å². The molecule has 0 bridgehead atoms. The monoisotopic (exact) mass is 477 g/mol. The first-order valence-electron chi connectivity index (χ1n) is 10.2. The molecule has 0 radical (unpaired) electrons. The standard InChI is InChI=1S/C22H24ClN3O5S/c1-3-25(4-2)32(30,31)17-9-10-18(23)19(13-17)24-22(29)16-7-5-15(6-8-16)14-26-20(27)11-12-21(26)28/h5-10,13H,3-4,11-12,14H2,1-2H3,(H,24,29). The topological polar surface area (TPSA) is 104 Å². The highest BCUT2D eigenvalue weighted by Gasteiger charge is 2.28. The molecule has 1 saturated heterocycles. The smallest absolute Gasteiger partial charge is 0.255 e. The fraction of sp³-hybridized carbons (Fsp3) is 0.318. The Morgan fingerprint density at radius 2 is 1.62 bits per heavy atom. The fourth-order valence-electron chi connectivity index (χ4n) is 3.41. The normalized spacial score (nSPS) is 14.3. The zero-order valence-electron chi connectivity index (χ0n) is 17.8. The predicted octanol–water partition coefficient (Wildman–Crippen LogP) is 3.27. The van der Waals surface area contributed by atoms with E-state index in [9.17, 15) is 22.8 Å². The number of likely N-dealkylation sites (tertiary alicyclic amines) is 1. The number of amides is 3. The van der Waals surface area contributed by atoms with Crippen molar-refractivity contribution in [1.29, 1.82) is 0 Å². The van der Waals surface area contributed by atoms with Gasteiger partial charge in [-0.2, -0.15) is 4.31 Å². The van der Waals surface area contributed by atoms with E-state index in [0.29, 0.717) is 18.7 Å². The van der Waals surface area contributed by atoms with Crippen molar-refractivity contribution in [2.75, 3.05) is 18.4 Å². The summed E-state index contributed by atoms with van der Waals surface area (Å²) in [6.45, 7) is 4.31. The Labute approximate surface area is 192 Å². The Morgan fingerprint density at radius 3 is 2.19 bits per heavy atom. The molecule has 2 aromatic rings. The number of carbonyl (C=O) groups excluding carboxylic acids is 3. The van der Waals surface area contributed by atoms with E-state index in [0.717, 1.165) is 5.56 Å². The molecule has 0 aliphatic carbocycles. The molecule has 1 fully saturated rings. The van der Waals surface area contributed by atoms with Crippen molar-refractivity contribution in [1.82, 2.24) is 9.21 Å². The number of hydrogen-bond acceptors (Lipinski definition) is 5. The lowest BCUT2D eigenvalue weighted by molar-refractivity contribution is -0.139. The van der Waals surface area contributed by atoms with Gasteiger partial charge in [-0.15, -0.1) is 0 Å². The molecule has 2 aromatic carbocycles. The van der Waals surface area contributed by atoms with E-state index in [1.807, 2.05) is 0 Å². The minimum Gasteiger partial charge on any atom is -0.321 e. The van der Waals surface area contributed by atoms with Crippen molar-refractivity contribution in [3.8, 4) is 0 Å². The molecule has 0 spiro atoms. The first kappa shape index (κ1) is 23.9. The fourth-order valence-corrected chi connectivity index (χ4v) is 5.06. The molecule has 3 amide bonds. The summed E-state index contributed by atoms with van der Waals surface area (Å²) in [6.07, 6.45) is 0.451. The molecule has 1 heterocycles. The Bertz CT molecular complexity index is 1130. The van der Waals surface area contributed by atoms with Crippen LogP contribution in [-0.4, -0.2) is 48.4 Å². The van der Waals surface area contributed by atoms with Gasteiger partial charge in [-0.3, -0.25) is 19.3 Å². The summed E-state index contributed by atoms with van der Waals surface area (Å²) in [5.41, 5.74) is 1.22. The van der Waals surface area contributed by atoms with Crippen LogP contribution in [0.2, 0.25) is 5.02 Å². The summed E-state index contributed by atoms with van der Waals surface area (Å²) in [7, 11) is -3.70. The molecule has 0 unspecified atom stereocenters. The van der Waals surface area contributed by atoms with Crippen LogP contribution >= 0.6 is 11.6 Å². The van der Waals surface area contributed by atoms with Gasteiger partial charge in [0, 0.05) is 31.5 Å². The van der Waals surface area contributed by atoms with E-state index in [2.05, 4.69) is 5.32 Å². The van der Waals surface area contributed by atoms with Crippen molar-refractivity contribution in [2.24, 2.45) is 0 Å². The minimum absolute atomic E-state index is 0.0381. The number of sulfonamides is 1. The van der Waals surface area contributed by atoms with E-state index in [1.165, 1.54) is 27.4 Å². The number of imide groups is 1. The van der Waals surface area contributed by atoms with Crippen molar-refractivity contribution < 1.29 is 22.8 Å². The first-order valence-corrected chi connectivity index (χ1v) is 12.0. The van der Waals surface area contributed by atoms with Gasteiger partial charge in [-0.25, -0.2) is 8.42 Å². The second-order valence-corrected chi connectivity index (χ2v) is 9.60. The SMILES string of the molecule is CCN(CC)S(=O)(=O)c1ccc(Cl)c(NC(=O)c2ccc(CN3C(=O)CCC3=O)cc2)c1. The number of hydrogen-bond donors (Lipinski definition) is 1. The number of nitrogens with one attached hydrogen (secondary N) is 1. The van der Waals surface area contributed by atoms with Gasteiger partial charge in [0.1, 0.15) is 0 Å². The maximum atomic E-state index is 12.8. The molecular formula is C22H24ClN3O5S. The van der Waals surface area contributed by atoms with Gasteiger partial charge >= 0.3 is 0 Å². The lowest BCUT2D eigenvalue weighted by atomic mass is 10.1. The number of benzene rings is 2. The second-order valence-electron chi connectivity index (χ2n) is 7.26. The molecule has 0 atom stereocenters. The third-order valence-electron chi connectivity index (χ3n) is 5.24. The third-order valence-corrected chi connectivity index (χ3v) is 7.62. The Morgan fingerprint density at radius 1 is 1.03 bits per heavy atom. The summed E-state index contributed by atoms with van der Waals surface area (Å²) < 4.78 is 26.8. The molecule has 1 N–H and O–H groups in total. The van der Waals surface area contributed by atoms with Gasteiger partial charge < -0.3 is 5.32 Å². The average Bonchev–Trinajstić information content (AvgIpc) is 3.08. The van der Waals surface area contributed by atoms with Crippen molar-refractivity contribution in [3.63, 3.8) is 0 Å². The molecular weight excluding hydrogens is 454 g/mol. The van der Waals surface area contributed by atoms with Gasteiger partial charge in [0.15, 0.2) is 0 Å². The van der Waals surface area contributed by atoms with Crippen LogP contribution in [0.25, 0.3) is 0 Å². The quantitative estimate of drug-likeness (QED) is 0.587. The molecule has 0 saturated carbocycles. The maximum Gasteiger partial charge on any atom is 0.255 e. The van der Waals surface area contributed by atoms with E-state index in [4.69, 9.17) is 11.6 Å². The highest BCUT2D eigenvalue weighted by molar-refractivity contribution is 7.89. The van der Waals surface area contributed by atoms with Gasteiger partial charge in [0.25, 0.3) is 5.91 Å². The summed E-state index contributed by atoms with van der Waals surface area (Å²) in [5.74, 6) is -0.874. The molecule has 1 aliphatic heterocycles. The largest absolute Gasteiger partial charge is 0.321 e. The first-order chi connectivity index (χ1) is 15.2. The molecule has 32 heavy (non-hydrogen) atoms. The van der Waals surface area contributed by atoms with Crippen LogP contribution in [0.1, 0.15) is 42.6 Å². The Balaban J connectivity index is 1.76. The van der Waals surface area contributed by atoms with Crippen LogP contribution in [-0.2, 0) is 26.2 Å². The maximum absolute atomic E-state index is 12.8. The highest BCUT2D eigenvalue weighted by atomic mass is 35.5. The number of halogens is 1. The predicted molar refractivity (Wildman–Crippen MR) is 121 cm³/mol. The Kier molecular flexibility index (Phi) is 7.33. The van der Waals surface area contributed by atoms with E-state index in [-0.39, 0.29) is 46.8 Å². The van der Waals surface area contributed by atoms with Crippen LogP contribution in [0.15, 0.2) is 47.4 Å². The molecule has 170 valence electrons. The minimum atomic E-state index is -3.70. The van der Waals surface area contributed by atoms with Crippen molar-refractivity contribution in [3.05, 3.63) is 58.6 Å². The highest BCUT2D eigenvalue weighted by Crippen LogP contribution is 2.27. The summed E-state index contributed by atoms with van der Waals surface area (Å²) >= 11 is 6.18. The summed E-state index contributed by atoms with van der Waals surface area (Å²) in [5, 5.41) is 2.86. The lowest BCUT2D eigenvalue weighted by Crippen LogP contribution is -2.30. The number of carbonyl (C=O) groups is 3. The van der Waals surface area contributed by atoms with E-state index >= 15 is 0 Å². The van der Waals surface area contributed by atoms with Crippen LogP contribution in [0, 0.1) is 0 Å². The van der Waals surface area contributed by atoms with Crippen LogP contribution in [0.4, 0.5) is 5.69 Å². The van der Waals surface area contributed by atoms with E-state index in [1.54, 1.807) is 38.1 Å². The summed E-state index contributed by atoms with van der Waals surface area (Å²) in [6, 6.07) is 10.6. The zero-order chi connectivity index (χ0) is 23.5. The lowest BCUT2D eigenvalue weighted by Gasteiger charge is -2.19. The van der Waals surface area contributed by atoms with Crippen molar-refractivity contribution >= 4 is 45.0 Å². The third kappa shape index (κ3) is 5.01. The summed E-state index contributed by atoms with van der Waals surface area (Å²) in [4.78, 5) is 37.4. The Hall–Kier alpha value is -2.75. The van der Waals surface area contributed by atoms with Crippen molar-refractivity contribution in [2.45, 2.75) is 38.1 Å². The molecule has 1 aliphatic rings. The van der Waals surface area contributed by atoms with Gasteiger partial charge in [-0.1, -0.05) is 37.6 Å². The molecule has 0 aromatic heterocycles. The molecule has 8 nitrogen and oxygen atoms in total. The van der Waals surface area contributed by atoms with Gasteiger partial charge in [-0.05, 0) is 35.9 Å². The molecule has 3 rings (SSSR count). The second kappa shape index (κ2) is 9.81. The van der Waals surface area contributed by atoms with Crippen LogP contribution in [0.5, 0.6) is 0 Å². The van der Waals surface area contributed by atoms with Gasteiger partial charge in [0.05, 0.1) is 22.2 Å². The van der Waals surface area contributed by atoms with E-state index < -0.39 is 15.9 Å². The molecule has 10 heteroatoms. The zero-order valence-corrected chi connectivity index (χ0v) is 19.4.